The standard InChI is InChI=1S/C18H19N5OS/c1-13-21-22-18(23(13)19)25-12-17(24)20-16-10-6-5-9-15(16)11-14-7-3-2-4-8-14/h2-10H,11-12,19H2,1H3,(H,20,24). The van der Waals surface area contributed by atoms with Crippen molar-refractivity contribution in [1.29, 1.82) is 0 Å². The smallest absolute Gasteiger partial charge is 0.234 e. The summed E-state index contributed by atoms with van der Waals surface area (Å²) in [5.41, 5.74) is 3.09. The topological polar surface area (TPSA) is 85.8 Å². The summed E-state index contributed by atoms with van der Waals surface area (Å²) in [4.78, 5) is 12.3. The van der Waals surface area contributed by atoms with Crippen molar-refractivity contribution in [2.75, 3.05) is 16.9 Å². The SMILES string of the molecule is Cc1nnc(SCC(=O)Nc2ccccc2Cc2ccccc2)n1N. The van der Waals surface area contributed by atoms with Crippen LogP contribution in [0, 0.1) is 6.92 Å². The minimum absolute atomic E-state index is 0.105. The lowest BCUT2D eigenvalue weighted by molar-refractivity contribution is -0.113. The number of nitrogen functional groups attached to an aromatic ring is 1. The Morgan fingerprint density at radius 3 is 2.56 bits per heavy atom. The number of nitrogens with two attached hydrogens (primary N) is 1. The molecule has 0 unspecified atom stereocenters. The van der Waals surface area contributed by atoms with Crippen LogP contribution in [0.25, 0.3) is 0 Å². The first-order valence-electron chi connectivity index (χ1n) is 7.85. The molecule has 0 spiro atoms. The highest BCUT2D eigenvalue weighted by Crippen LogP contribution is 2.20. The van der Waals surface area contributed by atoms with E-state index in [1.165, 1.54) is 22.0 Å². The van der Waals surface area contributed by atoms with Crippen molar-refractivity contribution < 1.29 is 4.79 Å². The van der Waals surface area contributed by atoms with Gasteiger partial charge >= 0.3 is 0 Å². The average Bonchev–Trinajstić information content (AvgIpc) is 2.94. The Morgan fingerprint density at radius 1 is 1.12 bits per heavy atom. The van der Waals surface area contributed by atoms with E-state index in [-0.39, 0.29) is 11.7 Å². The van der Waals surface area contributed by atoms with E-state index in [1.807, 2.05) is 42.5 Å². The van der Waals surface area contributed by atoms with E-state index < -0.39 is 0 Å². The fraction of sp³-hybridized carbons (Fsp3) is 0.167. The number of aromatic nitrogens is 3. The molecule has 0 aliphatic carbocycles. The van der Waals surface area contributed by atoms with Crippen molar-refractivity contribution in [1.82, 2.24) is 14.9 Å². The number of benzene rings is 2. The van der Waals surface area contributed by atoms with E-state index in [9.17, 15) is 4.79 Å². The molecule has 1 heterocycles. The van der Waals surface area contributed by atoms with Crippen LogP contribution in [0.3, 0.4) is 0 Å². The number of rotatable bonds is 6. The van der Waals surface area contributed by atoms with Crippen molar-refractivity contribution >= 4 is 23.4 Å². The zero-order valence-electron chi connectivity index (χ0n) is 13.8. The highest BCUT2D eigenvalue weighted by Gasteiger charge is 2.11. The fourth-order valence-corrected chi connectivity index (χ4v) is 3.08. The first-order valence-corrected chi connectivity index (χ1v) is 8.83. The number of para-hydroxylation sites is 1. The van der Waals surface area contributed by atoms with Gasteiger partial charge in [-0.05, 0) is 30.5 Å². The molecule has 128 valence electrons. The molecule has 3 aromatic rings. The Kier molecular flexibility index (Phi) is 5.35. The molecule has 3 N–H and O–H groups in total. The van der Waals surface area contributed by atoms with Gasteiger partial charge < -0.3 is 11.2 Å². The number of carbonyl (C=O) groups excluding carboxylic acids is 1. The van der Waals surface area contributed by atoms with Crippen molar-refractivity contribution in [3.8, 4) is 0 Å². The van der Waals surface area contributed by atoms with Gasteiger partial charge in [0.1, 0.15) is 5.82 Å². The number of hydrogen-bond acceptors (Lipinski definition) is 5. The first kappa shape index (κ1) is 17.0. The van der Waals surface area contributed by atoms with Gasteiger partial charge in [0.2, 0.25) is 11.1 Å². The van der Waals surface area contributed by atoms with Gasteiger partial charge in [-0.3, -0.25) is 4.79 Å². The molecule has 0 saturated carbocycles. The maximum atomic E-state index is 12.3. The number of nitrogens with zero attached hydrogens (tertiary/aromatic N) is 3. The molecule has 0 fully saturated rings. The Hall–Kier alpha value is -2.80. The lowest BCUT2D eigenvalue weighted by Crippen LogP contribution is -2.17. The van der Waals surface area contributed by atoms with Crippen LogP contribution >= 0.6 is 11.8 Å². The van der Waals surface area contributed by atoms with Gasteiger partial charge in [-0.15, -0.1) is 10.2 Å². The van der Waals surface area contributed by atoms with Gasteiger partial charge in [-0.1, -0.05) is 60.3 Å². The van der Waals surface area contributed by atoms with Gasteiger partial charge in [0.05, 0.1) is 5.75 Å². The Balaban J connectivity index is 1.64. The van der Waals surface area contributed by atoms with Crippen LogP contribution in [-0.2, 0) is 11.2 Å². The van der Waals surface area contributed by atoms with Gasteiger partial charge in [0, 0.05) is 5.69 Å². The highest BCUT2D eigenvalue weighted by atomic mass is 32.2. The summed E-state index contributed by atoms with van der Waals surface area (Å²) in [5, 5.41) is 11.3. The van der Waals surface area contributed by atoms with Crippen LogP contribution in [0.2, 0.25) is 0 Å². The number of nitrogens with one attached hydrogen (secondary N) is 1. The molecule has 0 saturated heterocycles. The Morgan fingerprint density at radius 2 is 1.84 bits per heavy atom. The second-order valence-corrected chi connectivity index (χ2v) is 6.50. The molecule has 2 aromatic carbocycles. The molecule has 0 radical (unpaired) electrons. The maximum Gasteiger partial charge on any atom is 0.234 e. The van der Waals surface area contributed by atoms with E-state index in [2.05, 4.69) is 27.6 Å². The van der Waals surface area contributed by atoms with Crippen molar-refractivity contribution in [3.63, 3.8) is 0 Å². The van der Waals surface area contributed by atoms with E-state index in [0.29, 0.717) is 11.0 Å². The van der Waals surface area contributed by atoms with Crippen molar-refractivity contribution in [2.45, 2.75) is 18.5 Å². The predicted octanol–water partition coefficient (Wildman–Crippen LogP) is 2.62. The fourth-order valence-electron chi connectivity index (χ4n) is 2.38. The minimum atomic E-state index is -0.105. The minimum Gasteiger partial charge on any atom is -0.336 e. The summed E-state index contributed by atoms with van der Waals surface area (Å²) in [6, 6.07) is 18.0. The van der Waals surface area contributed by atoms with Crippen LogP contribution in [-0.4, -0.2) is 26.5 Å². The maximum absolute atomic E-state index is 12.3. The lowest BCUT2D eigenvalue weighted by Gasteiger charge is -2.11. The number of hydrogen-bond donors (Lipinski definition) is 2. The molecule has 1 amide bonds. The molecule has 1 aromatic heterocycles. The molecule has 7 heteroatoms. The van der Waals surface area contributed by atoms with Crippen LogP contribution in [0.5, 0.6) is 0 Å². The summed E-state index contributed by atoms with van der Waals surface area (Å²) >= 11 is 1.26. The normalized spacial score (nSPS) is 10.6. The van der Waals surface area contributed by atoms with Crippen molar-refractivity contribution in [2.24, 2.45) is 0 Å². The molecule has 0 aliphatic rings. The third-order valence-corrected chi connectivity index (χ3v) is 4.64. The summed E-state index contributed by atoms with van der Waals surface area (Å²) in [6.07, 6.45) is 0.765. The molecule has 0 aliphatic heterocycles. The lowest BCUT2D eigenvalue weighted by atomic mass is 10.0. The zero-order chi connectivity index (χ0) is 17.6. The highest BCUT2D eigenvalue weighted by molar-refractivity contribution is 7.99. The molecule has 6 nitrogen and oxygen atoms in total. The van der Waals surface area contributed by atoms with Crippen LogP contribution in [0.15, 0.2) is 59.8 Å². The molecular weight excluding hydrogens is 334 g/mol. The number of carbonyl (C=O) groups is 1. The number of aryl methyl sites for hydroxylation is 1. The quantitative estimate of drug-likeness (QED) is 0.525. The van der Waals surface area contributed by atoms with Gasteiger partial charge in [0.25, 0.3) is 0 Å². The molecule has 0 bridgehead atoms. The number of anilines is 1. The first-order chi connectivity index (χ1) is 12.1. The predicted molar refractivity (Wildman–Crippen MR) is 100.0 cm³/mol. The number of thioether (sulfide) groups is 1. The largest absolute Gasteiger partial charge is 0.336 e. The molecule has 3 rings (SSSR count). The second-order valence-electron chi connectivity index (χ2n) is 5.56. The summed E-state index contributed by atoms with van der Waals surface area (Å²) in [7, 11) is 0. The van der Waals surface area contributed by atoms with E-state index in [1.54, 1.807) is 6.92 Å². The van der Waals surface area contributed by atoms with Crippen molar-refractivity contribution in [3.05, 3.63) is 71.5 Å². The number of amides is 1. The third-order valence-electron chi connectivity index (χ3n) is 3.70. The second kappa shape index (κ2) is 7.85. The zero-order valence-corrected chi connectivity index (χ0v) is 14.7. The summed E-state index contributed by atoms with van der Waals surface area (Å²) in [6.45, 7) is 1.76. The molecule has 0 atom stereocenters. The Bertz CT molecular complexity index is 863. The monoisotopic (exact) mass is 353 g/mol. The Labute approximate surface area is 150 Å². The van der Waals surface area contributed by atoms with Gasteiger partial charge in [-0.25, -0.2) is 4.68 Å². The average molecular weight is 353 g/mol. The van der Waals surface area contributed by atoms with E-state index >= 15 is 0 Å². The molecular formula is C18H19N5OS. The summed E-state index contributed by atoms with van der Waals surface area (Å²) in [5.74, 6) is 6.51. The van der Waals surface area contributed by atoms with Crippen LogP contribution in [0.1, 0.15) is 17.0 Å². The van der Waals surface area contributed by atoms with Crippen LogP contribution < -0.4 is 11.2 Å². The summed E-state index contributed by atoms with van der Waals surface area (Å²) < 4.78 is 1.38. The van der Waals surface area contributed by atoms with E-state index in [4.69, 9.17) is 5.84 Å². The molecule has 25 heavy (non-hydrogen) atoms. The van der Waals surface area contributed by atoms with E-state index in [0.717, 1.165) is 17.7 Å². The third kappa shape index (κ3) is 4.39. The van der Waals surface area contributed by atoms with Crippen LogP contribution in [0.4, 0.5) is 5.69 Å². The van der Waals surface area contributed by atoms with Gasteiger partial charge in [0.15, 0.2) is 0 Å². The van der Waals surface area contributed by atoms with Gasteiger partial charge in [-0.2, -0.15) is 0 Å².